The van der Waals surface area contributed by atoms with E-state index in [4.69, 9.17) is 4.74 Å². The molecule has 8 heteroatoms. The molecule has 1 aliphatic rings. The standard InChI is InChI=1S/C22H29FN4O2.HI/c1-3-24-22(25-16-21(28)17-7-9-18(23)10-8-17)27-13-11-26(12-14-27)19-5-4-6-20(15-19)29-2;/h4-10,15,21,28H,3,11-14,16H2,1-2H3,(H,24,25);1H. The molecule has 2 N–H and O–H groups in total. The summed E-state index contributed by atoms with van der Waals surface area (Å²) >= 11 is 0. The predicted octanol–water partition coefficient (Wildman–Crippen LogP) is 3.27. The van der Waals surface area contributed by atoms with Crippen molar-refractivity contribution in [2.75, 3.05) is 51.3 Å². The van der Waals surface area contributed by atoms with Gasteiger partial charge in [-0.15, -0.1) is 24.0 Å². The Morgan fingerprint density at radius 1 is 1.17 bits per heavy atom. The van der Waals surface area contributed by atoms with Crippen molar-refractivity contribution >= 4 is 35.6 Å². The van der Waals surface area contributed by atoms with E-state index in [1.165, 1.54) is 12.1 Å². The highest BCUT2D eigenvalue weighted by Gasteiger charge is 2.20. The molecule has 1 aliphatic heterocycles. The number of guanidine groups is 1. The van der Waals surface area contributed by atoms with Gasteiger partial charge in [0.1, 0.15) is 11.6 Å². The van der Waals surface area contributed by atoms with Crippen LogP contribution in [0.4, 0.5) is 10.1 Å². The Bertz CT molecular complexity index is 811. The minimum Gasteiger partial charge on any atom is -0.497 e. The number of nitrogens with zero attached hydrogens (tertiary/aromatic N) is 3. The van der Waals surface area contributed by atoms with E-state index >= 15 is 0 Å². The SMILES string of the molecule is CCNC(=NCC(O)c1ccc(F)cc1)N1CCN(c2cccc(OC)c2)CC1.I. The first-order valence-electron chi connectivity index (χ1n) is 9.96. The van der Waals surface area contributed by atoms with Gasteiger partial charge in [-0.25, -0.2) is 4.39 Å². The zero-order chi connectivity index (χ0) is 20.6. The van der Waals surface area contributed by atoms with Crippen LogP contribution in [0.2, 0.25) is 0 Å². The summed E-state index contributed by atoms with van der Waals surface area (Å²) in [6.45, 7) is 6.41. The van der Waals surface area contributed by atoms with Crippen LogP contribution in [0.15, 0.2) is 53.5 Å². The number of benzene rings is 2. The molecular formula is C22H30FIN4O2. The zero-order valence-corrected chi connectivity index (χ0v) is 19.8. The molecule has 1 unspecified atom stereocenters. The van der Waals surface area contributed by atoms with Gasteiger partial charge >= 0.3 is 0 Å². The third-order valence-electron chi connectivity index (χ3n) is 5.00. The van der Waals surface area contributed by atoms with Gasteiger partial charge in [0.2, 0.25) is 0 Å². The van der Waals surface area contributed by atoms with E-state index in [-0.39, 0.29) is 36.3 Å². The van der Waals surface area contributed by atoms with Crippen LogP contribution in [0, 0.1) is 5.82 Å². The molecule has 0 aliphatic carbocycles. The molecule has 1 saturated heterocycles. The summed E-state index contributed by atoms with van der Waals surface area (Å²) < 4.78 is 18.4. The van der Waals surface area contributed by atoms with Crippen molar-refractivity contribution in [2.45, 2.75) is 13.0 Å². The number of piperazine rings is 1. The third kappa shape index (κ3) is 6.46. The average Bonchev–Trinajstić information content (AvgIpc) is 2.77. The van der Waals surface area contributed by atoms with Crippen LogP contribution < -0.4 is 15.0 Å². The fourth-order valence-electron chi connectivity index (χ4n) is 3.37. The number of aliphatic imine (C=N–C) groups is 1. The number of hydrogen-bond acceptors (Lipinski definition) is 4. The number of methoxy groups -OCH3 is 1. The second-order valence-electron chi connectivity index (χ2n) is 6.94. The van der Waals surface area contributed by atoms with Gasteiger partial charge in [0.25, 0.3) is 0 Å². The molecule has 2 aromatic rings. The molecule has 2 aromatic carbocycles. The lowest BCUT2D eigenvalue weighted by molar-refractivity contribution is 0.186. The molecule has 3 rings (SSSR count). The van der Waals surface area contributed by atoms with Gasteiger partial charge in [-0.3, -0.25) is 4.99 Å². The van der Waals surface area contributed by atoms with Gasteiger partial charge in [0, 0.05) is 44.5 Å². The molecule has 1 fully saturated rings. The van der Waals surface area contributed by atoms with E-state index in [1.807, 2.05) is 25.1 Å². The topological polar surface area (TPSA) is 60.3 Å². The van der Waals surface area contributed by atoms with Crippen molar-refractivity contribution in [3.63, 3.8) is 0 Å². The van der Waals surface area contributed by atoms with Crippen molar-refractivity contribution in [1.82, 2.24) is 10.2 Å². The molecule has 30 heavy (non-hydrogen) atoms. The highest BCUT2D eigenvalue weighted by Crippen LogP contribution is 2.22. The molecule has 1 heterocycles. The van der Waals surface area contributed by atoms with Gasteiger partial charge in [-0.05, 0) is 36.8 Å². The summed E-state index contributed by atoms with van der Waals surface area (Å²) in [5.74, 6) is 1.33. The van der Waals surface area contributed by atoms with E-state index in [1.54, 1.807) is 19.2 Å². The van der Waals surface area contributed by atoms with Crippen LogP contribution in [0.3, 0.4) is 0 Å². The van der Waals surface area contributed by atoms with Gasteiger partial charge < -0.3 is 25.0 Å². The number of halogens is 2. The fraction of sp³-hybridized carbons (Fsp3) is 0.409. The number of ether oxygens (including phenoxy) is 1. The summed E-state index contributed by atoms with van der Waals surface area (Å²) in [6, 6.07) is 14.0. The van der Waals surface area contributed by atoms with Crippen LogP contribution in [0.25, 0.3) is 0 Å². The van der Waals surface area contributed by atoms with Gasteiger partial charge in [-0.1, -0.05) is 18.2 Å². The van der Waals surface area contributed by atoms with Crippen molar-refractivity contribution in [3.05, 3.63) is 59.9 Å². The first-order valence-corrected chi connectivity index (χ1v) is 9.96. The largest absolute Gasteiger partial charge is 0.497 e. The number of nitrogens with one attached hydrogen (secondary N) is 1. The predicted molar refractivity (Wildman–Crippen MR) is 130 cm³/mol. The van der Waals surface area contributed by atoms with Crippen molar-refractivity contribution in [1.29, 1.82) is 0 Å². The first-order chi connectivity index (χ1) is 14.1. The Hall–Kier alpha value is -2.07. The van der Waals surface area contributed by atoms with Crippen LogP contribution in [0.5, 0.6) is 5.75 Å². The quantitative estimate of drug-likeness (QED) is 0.343. The van der Waals surface area contributed by atoms with E-state index < -0.39 is 6.10 Å². The molecular weight excluding hydrogens is 498 g/mol. The van der Waals surface area contributed by atoms with Gasteiger partial charge in [-0.2, -0.15) is 0 Å². The summed E-state index contributed by atoms with van der Waals surface area (Å²) in [5.41, 5.74) is 1.81. The van der Waals surface area contributed by atoms with Crippen LogP contribution in [-0.4, -0.2) is 62.3 Å². The number of aliphatic hydroxyl groups excluding tert-OH is 1. The maximum absolute atomic E-state index is 13.1. The summed E-state index contributed by atoms with van der Waals surface area (Å²) in [4.78, 5) is 9.15. The molecule has 0 bridgehead atoms. The fourth-order valence-corrected chi connectivity index (χ4v) is 3.37. The summed E-state index contributed by atoms with van der Waals surface area (Å²) in [7, 11) is 1.68. The molecule has 6 nitrogen and oxygen atoms in total. The van der Waals surface area contributed by atoms with Crippen LogP contribution in [-0.2, 0) is 0 Å². The molecule has 0 spiro atoms. The lowest BCUT2D eigenvalue weighted by atomic mass is 10.1. The Balaban J connectivity index is 0.00000320. The summed E-state index contributed by atoms with van der Waals surface area (Å²) in [5, 5.41) is 13.7. The van der Waals surface area contributed by atoms with Crippen LogP contribution >= 0.6 is 24.0 Å². The monoisotopic (exact) mass is 528 g/mol. The second kappa shape index (κ2) is 11.9. The maximum Gasteiger partial charge on any atom is 0.194 e. The second-order valence-corrected chi connectivity index (χ2v) is 6.94. The number of hydrogen-bond donors (Lipinski definition) is 2. The van der Waals surface area contributed by atoms with E-state index in [0.717, 1.165) is 50.1 Å². The zero-order valence-electron chi connectivity index (χ0n) is 17.4. The first kappa shape index (κ1) is 24.2. The minimum absolute atomic E-state index is 0. The average molecular weight is 528 g/mol. The molecule has 164 valence electrons. The van der Waals surface area contributed by atoms with Crippen molar-refractivity contribution in [2.24, 2.45) is 4.99 Å². The lowest BCUT2D eigenvalue weighted by Gasteiger charge is -2.37. The maximum atomic E-state index is 13.1. The van der Waals surface area contributed by atoms with Gasteiger partial charge in [0.15, 0.2) is 5.96 Å². The van der Waals surface area contributed by atoms with Crippen molar-refractivity contribution in [3.8, 4) is 5.75 Å². The van der Waals surface area contributed by atoms with E-state index in [2.05, 4.69) is 26.2 Å². The molecule has 0 aromatic heterocycles. The normalized spacial score (nSPS) is 15.4. The molecule has 0 amide bonds. The number of rotatable bonds is 6. The highest BCUT2D eigenvalue weighted by molar-refractivity contribution is 14.0. The lowest BCUT2D eigenvalue weighted by Crippen LogP contribution is -2.52. The van der Waals surface area contributed by atoms with Crippen molar-refractivity contribution < 1.29 is 14.2 Å². The molecule has 1 atom stereocenters. The minimum atomic E-state index is -0.762. The number of aliphatic hydroxyl groups is 1. The Morgan fingerprint density at radius 2 is 1.87 bits per heavy atom. The Morgan fingerprint density at radius 3 is 2.50 bits per heavy atom. The Labute approximate surface area is 194 Å². The third-order valence-corrected chi connectivity index (χ3v) is 5.00. The number of anilines is 1. The van der Waals surface area contributed by atoms with E-state index in [0.29, 0.717) is 5.56 Å². The van der Waals surface area contributed by atoms with Gasteiger partial charge in [0.05, 0.1) is 19.8 Å². The highest BCUT2D eigenvalue weighted by atomic mass is 127. The molecule has 0 radical (unpaired) electrons. The van der Waals surface area contributed by atoms with Crippen LogP contribution in [0.1, 0.15) is 18.6 Å². The van der Waals surface area contributed by atoms with E-state index in [9.17, 15) is 9.50 Å². The molecule has 0 saturated carbocycles. The Kier molecular flexibility index (Phi) is 9.64. The summed E-state index contributed by atoms with van der Waals surface area (Å²) in [6.07, 6.45) is -0.762. The smallest absolute Gasteiger partial charge is 0.194 e.